The van der Waals surface area contributed by atoms with Crippen LogP contribution in [0.5, 0.6) is 0 Å². The molecule has 0 aromatic heterocycles. The number of anilines is 3. The number of rotatable bonds is 5. The third kappa shape index (κ3) is 4.06. The van der Waals surface area contributed by atoms with Gasteiger partial charge in [0.15, 0.2) is 0 Å². The Morgan fingerprint density at radius 3 is 2.32 bits per heavy atom. The third-order valence-corrected chi connectivity index (χ3v) is 3.66. The maximum Gasteiger partial charge on any atom is 0.243 e. The summed E-state index contributed by atoms with van der Waals surface area (Å²) in [6.45, 7) is 0.114. The lowest BCUT2D eigenvalue weighted by atomic mass is 10.2. The van der Waals surface area contributed by atoms with Gasteiger partial charge in [-0.15, -0.1) is 0 Å². The maximum absolute atomic E-state index is 12.1. The molecule has 6 heteroatoms. The molecule has 0 bridgehead atoms. The van der Waals surface area contributed by atoms with E-state index in [1.807, 2.05) is 43.3 Å². The number of benzene rings is 2. The van der Waals surface area contributed by atoms with Crippen molar-refractivity contribution < 1.29 is 4.79 Å². The molecule has 2 rings (SSSR count). The van der Waals surface area contributed by atoms with E-state index in [0.717, 1.165) is 11.4 Å². The van der Waals surface area contributed by atoms with Crippen LogP contribution in [-0.2, 0) is 4.79 Å². The van der Waals surface area contributed by atoms with Gasteiger partial charge in [0.1, 0.15) is 0 Å². The number of para-hydroxylation sites is 2. The van der Waals surface area contributed by atoms with Crippen molar-refractivity contribution in [2.75, 3.05) is 36.2 Å². The first-order chi connectivity index (χ1) is 10.5. The van der Waals surface area contributed by atoms with Gasteiger partial charge >= 0.3 is 0 Å². The van der Waals surface area contributed by atoms with Gasteiger partial charge in [0.05, 0.1) is 33.7 Å². The van der Waals surface area contributed by atoms with E-state index in [1.54, 1.807) is 18.2 Å². The van der Waals surface area contributed by atoms with E-state index in [4.69, 9.17) is 23.2 Å². The molecule has 0 spiro atoms. The van der Waals surface area contributed by atoms with Gasteiger partial charge in [-0.05, 0) is 24.3 Å². The average molecular weight is 338 g/mol. The van der Waals surface area contributed by atoms with Crippen LogP contribution in [0.2, 0.25) is 10.0 Å². The van der Waals surface area contributed by atoms with Gasteiger partial charge in [-0.2, -0.15) is 0 Å². The number of nitrogens with one attached hydrogen (secondary N) is 2. The van der Waals surface area contributed by atoms with Crippen LogP contribution in [0.1, 0.15) is 0 Å². The molecule has 116 valence electrons. The zero-order chi connectivity index (χ0) is 16.1. The van der Waals surface area contributed by atoms with Crippen molar-refractivity contribution in [3.05, 3.63) is 52.5 Å². The number of carbonyl (C=O) groups excluding carboxylic acids is 1. The van der Waals surface area contributed by atoms with Crippen LogP contribution in [0.15, 0.2) is 42.5 Å². The van der Waals surface area contributed by atoms with Gasteiger partial charge in [0.2, 0.25) is 5.91 Å². The maximum atomic E-state index is 12.1. The number of amides is 1. The molecule has 0 aliphatic carbocycles. The lowest BCUT2D eigenvalue weighted by Gasteiger charge is -2.19. The highest BCUT2D eigenvalue weighted by atomic mass is 35.5. The first-order valence-electron chi connectivity index (χ1n) is 6.73. The Labute approximate surface area is 140 Å². The van der Waals surface area contributed by atoms with Crippen molar-refractivity contribution in [1.82, 2.24) is 0 Å². The van der Waals surface area contributed by atoms with Crippen molar-refractivity contribution in [1.29, 1.82) is 0 Å². The lowest BCUT2D eigenvalue weighted by Crippen LogP contribution is -2.23. The molecule has 0 fully saturated rings. The Bertz CT molecular complexity index is 674. The molecular formula is C16H17Cl2N3O. The van der Waals surface area contributed by atoms with Crippen LogP contribution >= 0.6 is 23.2 Å². The summed E-state index contributed by atoms with van der Waals surface area (Å²) in [6.07, 6.45) is 0. The highest BCUT2D eigenvalue weighted by molar-refractivity contribution is 6.34. The fourth-order valence-electron chi connectivity index (χ4n) is 2.05. The summed E-state index contributed by atoms with van der Waals surface area (Å²) in [5.74, 6) is -0.176. The standard InChI is InChI=1S/C16H17Cl2N3O/c1-21(2)16-12(18)7-5-9-14(16)20-15(22)10-19-13-8-4-3-6-11(13)17/h3-9,19H,10H2,1-2H3,(H,20,22). The van der Waals surface area contributed by atoms with Crippen molar-refractivity contribution in [2.45, 2.75) is 0 Å². The predicted octanol–water partition coefficient (Wildman–Crippen LogP) is 4.11. The van der Waals surface area contributed by atoms with Gasteiger partial charge in [0, 0.05) is 14.1 Å². The molecule has 0 aliphatic heterocycles. The molecule has 0 heterocycles. The Morgan fingerprint density at radius 1 is 1.00 bits per heavy atom. The summed E-state index contributed by atoms with van der Waals surface area (Å²) in [4.78, 5) is 14.0. The van der Waals surface area contributed by atoms with Gasteiger partial charge in [-0.3, -0.25) is 4.79 Å². The van der Waals surface area contributed by atoms with E-state index in [9.17, 15) is 4.79 Å². The SMILES string of the molecule is CN(C)c1c(Cl)cccc1NC(=O)CNc1ccccc1Cl. The van der Waals surface area contributed by atoms with Crippen molar-refractivity contribution in [3.8, 4) is 0 Å². The summed E-state index contributed by atoms with van der Waals surface area (Å²) >= 11 is 12.2. The molecule has 0 atom stereocenters. The highest BCUT2D eigenvalue weighted by Crippen LogP contribution is 2.32. The number of hydrogen-bond acceptors (Lipinski definition) is 3. The smallest absolute Gasteiger partial charge is 0.243 e. The molecule has 0 unspecified atom stereocenters. The second-order valence-electron chi connectivity index (χ2n) is 4.91. The normalized spacial score (nSPS) is 10.2. The topological polar surface area (TPSA) is 44.4 Å². The van der Waals surface area contributed by atoms with Crippen LogP contribution < -0.4 is 15.5 Å². The summed E-state index contributed by atoms with van der Waals surface area (Å²) in [6, 6.07) is 12.7. The number of halogens is 2. The summed E-state index contributed by atoms with van der Waals surface area (Å²) in [7, 11) is 3.75. The molecule has 2 N–H and O–H groups in total. The number of hydrogen-bond donors (Lipinski definition) is 2. The Morgan fingerprint density at radius 2 is 1.64 bits per heavy atom. The summed E-state index contributed by atoms with van der Waals surface area (Å²) in [5.41, 5.74) is 2.16. The van der Waals surface area contributed by atoms with Crippen LogP contribution in [0, 0.1) is 0 Å². The fraction of sp³-hybridized carbons (Fsp3) is 0.188. The molecule has 4 nitrogen and oxygen atoms in total. The summed E-state index contributed by atoms with van der Waals surface area (Å²) < 4.78 is 0. The fourth-order valence-corrected chi connectivity index (χ4v) is 2.59. The van der Waals surface area contributed by atoms with E-state index < -0.39 is 0 Å². The second-order valence-corrected chi connectivity index (χ2v) is 5.73. The zero-order valence-electron chi connectivity index (χ0n) is 12.4. The van der Waals surface area contributed by atoms with E-state index in [-0.39, 0.29) is 12.5 Å². The van der Waals surface area contributed by atoms with E-state index in [0.29, 0.717) is 15.7 Å². The first-order valence-corrected chi connectivity index (χ1v) is 7.48. The minimum atomic E-state index is -0.176. The molecule has 22 heavy (non-hydrogen) atoms. The highest BCUT2D eigenvalue weighted by Gasteiger charge is 2.12. The average Bonchev–Trinajstić information content (AvgIpc) is 2.46. The van der Waals surface area contributed by atoms with E-state index in [1.165, 1.54) is 0 Å². The van der Waals surface area contributed by atoms with Crippen LogP contribution in [-0.4, -0.2) is 26.5 Å². The largest absolute Gasteiger partial charge is 0.375 e. The zero-order valence-corrected chi connectivity index (χ0v) is 13.9. The molecule has 0 saturated heterocycles. The van der Waals surface area contributed by atoms with Gasteiger partial charge in [-0.1, -0.05) is 41.4 Å². The second kappa shape index (κ2) is 7.38. The van der Waals surface area contributed by atoms with Crippen molar-refractivity contribution in [2.24, 2.45) is 0 Å². The Balaban J connectivity index is 2.04. The van der Waals surface area contributed by atoms with E-state index in [2.05, 4.69) is 10.6 Å². The van der Waals surface area contributed by atoms with E-state index >= 15 is 0 Å². The monoisotopic (exact) mass is 337 g/mol. The Kier molecular flexibility index (Phi) is 5.52. The number of nitrogens with zero attached hydrogens (tertiary/aromatic N) is 1. The Hall–Kier alpha value is -1.91. The van der Waals surface area contributed by atoms with Gasteiger partial charge < -0.3 is 15.5 Å². The van der Waals surface area contributed by atoms with Crippen molar-refractivity contribution in [3.63, 3.8) is 0 Å². The minimum Gasteiger partial charge on any atom is -0.375 e. The van der Waals surface area contributed by atoms with Crippen LogP contribution in [0.25, 0.3) is 0 Å². The molecule has 2 aromatic rings. The number of carbonyl (C=O) groups is 1. The lowest BCUT2D eigenvalue weighted by molar-refractivity contribution is -0.114. The third-order valence-electron chi connectivity index (χ3n) is 3.02. The van der Waals surface area contributed by atoms with Crippen molar-refractivity contribution >= 4 is 46.2 Å². The molecule has 2 aromatic carbocycles. The predicted molar refractivity (Wildman–Crippen MR) is 94.4 cm³/mol. The molecule has 0 radical (unpaired) electrons. The summed E-state index contributed by atoms with van der Waals surface area (Å²) in [5, 5.41) is 7.02. The first kappa shape index (κ1) is 16.5. The quantitative estimate of drug-likeness (QED) is 0.862. The molecule has 0 aliphatic rings. The molecule has 1 amide bonds. The van der Waals surface area contributed by atoms with Crippen LogP contribution in [0.3, 0.4) is 0 Å². The van der Waals surface area contributed by atoms with Crippen LogP contribution in [0.4, 0.5) is 17.1 Å². The van der Waals surface area contributed by atoms with Gasteiger partial charge in [-0.25, -0.2) is 0 Å². The molecular weight excluding hydrogens is 321 g/mol. The minimum absolute atomic E-state index is 0.114. The van der Waals surface area contributed by atoms with Gasteiger partial charge in [0.25, 0.3) is 0 Å². The molecule has 0 saturated carbocycles.